The predicted octanol–water partition coefficient (Wildman–Crippen LogP) is 3.54. The number of hydrogen-bond acceptors (Lipinski definition) is 2. The van der Waals surface area contributed by atoms with E-state index in [2.05, 4.69) is 57.0 Å². The molecule has 1 N–H and O–H groups in total. The van der Waals surface area contributed by atoms with Gasteiger partial charge in [0.15, 0.2) is 0 Å². The van der Waals surface area contributed by atoms with Crippen molar-refractivity contribution in [1.82, 2.24) is 5.32 Å². The van der Waals surface area contributed by atoms with E-state index in [1.165, 1.54) is 18.5 Å². The fraction of sp³-hybridized carbons (Fsp3) is 0.429. The Morgan fingerprint density at radius 3 is 2.71 bits per heavy atom. The summed E-state index contributed by atoms with van der Waals surface area (Å²) in [5, 5.41) is 3.43. The zero-order chi connectivity index (χ0) is 12.3. The Hall–Kier alpha value is -0.960. The van der Waals surface area contributed by atoms with Gasteiger partial charge in [0, 0.05) is 35.0 Å². The first-order valence-electron chi connectivity index (χ1n) is 6.08. The van der Waals surface area contributed by atoms with Crippen LogP contribution in [0.1, 0.15) is 19.8 Å². The Balaban J connectivity index is 1.93. The lowest BCUT2D eigenvalue weighted by Crippen LogP contribution is -2.41. The van der Waals surface area contributed by atoms with Gasteiger partial charge in [-0.1, -0.05) is 28.6 Å². The van der Waals surface area contributed by atoms with Crippen LogP contribution in [0.25, 0.3) is 0 Å². The van der Waals surface area contributed by atoms with Gasteiger partial charge in [-0.25, -0.2) is 0 Å². The average Bonchev–Trinajstić information content (AvgIpc) is 2.29. The zero-order valence-corrected chi connectivity index (χ0v) is 11.8. The van der Waals surface area contributed by atoms with E-state index in [0.717, 1.165) is 23.3 Å². The maximum atomic E-state index is 3.91. The molecule has 0 aliphatic carbocycles. The van der Waals surface area contributed by atoms with E-state index in [1.807, 2.05) is 6.92 Å². The number of nitrogens with zero attached hydrogens (tertiary/aromatic N) is 1. The van der Waals surface area contributed by atoms with Crippen molar-refractivity contribution in [2.24, 2.45) is 0 Å². The lowest BCUT2D eigenvalue weighted by molar-refractivity contribution is 0.445. The van der Waals surface area contributed by atoms with Crippen LogP contribution < -0.4 is 10.2 Å². The maximum Gasteiger partial charge on any atom is 0.0377 e. The third kappa shape index (κ3) is 3.50. The van der Waals surface area contributed by atoms with Gasteiger partial charge >= 0.3 is 0 Å². The van der Waals surface area contributed by atoms with Gasteiger partial charge in [-0.15, -0.1) is 0 Å². The Kier molecular flexibility index (Phi) is 4.11. The highest BCUT2D eigenvalue weighted by molar-refractivity contribution is 9.10. The Labute approximate surface area is 112 Å². The lowest BCUT2D eigenvalue weighted by atomic mass is 10.0. The zero-order valence-electron chi connectivity index (χ0n) is 10.2. The first-order valence-corrected chi connectivity index (χ1v) is 6.87. The number of nitrogens with one attached hydrogen (secondary N) is 1. The minimum atomic E-state index is 0.593. The quantitative estimate of drug-likeness (QED) is 0.917. The van der Waals surface area contributed by atoms with Crippen LogP contribution in [0.3, 0.4) is 0 Å². The highest BCUT2D eigenvalue weighted by atomic mass is 79.9. The summed E-state index contributed by atoms with van der Waals surface area (Å²) in [6.45, 7) is 8.16. The van der Waals surface area contributed by atoms with E-state index < -0.39 is 0 Å². The van der Waals surface area contributed by atoms with Gasteiger partial charge in [0.25, 0.3) is 0 Å². The first-order chi connectivity index (χ1) is 8.15. The van der Waals surface area contributed by atoms with Crippen molar-refractivity contribution < 1.29 is 0 Å². The summed E-state index contributed by atoms with van der Waals surface area (Å²) in [7, 11) is 0. The van der Waals surface area contributed by atoms with E-state index in [4.69, 9.17) is 0 Å². The van der Waals surface area contributed by atoms with Crippen LogP contribution >= 0.6 is 15.9 Å². The highest BCUT2D eigenvalue weighted by Gasteiger charge is 2.18. The van der Waals surface area contributed by atoms with E-state index in [-0.39, 0.29) is 0 Å². The van der Waals surface area contributed by atoms with Crippen LogP contribution in [-0.4, -0.2) is 19.1 Å². The summed E-state index contributed by atoms with van der Waals surface area (Å²) < 4.78 is 1.15. The Morgan fingerprint density at radius 1 is 1.41 bits per heavy atom. The molecule has 1 aromatic carbocycles. The molecule has 0 unspecified atom stereocenters. The fourth-order valence-electron chi connectivity index (χ4n) is 2.30. The SMILES string of the molecule is C=C(C)NC1CCN(c2cccc(Br)c2)CC1. The van der Waals surface area contributed by atoms with E-state index in [1.54, 1.807) is 0 Å². The second kappa shape index (κ2) is 5.58. The van der Waals surface area contributed by atoms with Gasteiger partial charge < -0.3 is 10.2 Å². The number of rotatable bonds is 3. The molecule has 2 rings (SSSR count). The highest BCUT2D eigenvalue weighted by Crippen LogP contribution is 2.23. The number of halogens is 1. The molecule has 0 bridgehead atoms. The molecule has 92 valence electrons. The van der Waals surface area contributed by atoms with Gasteiger partial charge in [-0.05, 0) is 38.0 Å². The van der Waals surface area contributed by atoms with Crippen LogP contribution in [0.15, 0.2) is 41.0 Å². The van der Waals surface area contributed by atoms with Crippen molar-refractivity contribution in [3.8, 4) is 0 Å². The molecule has 1 aliphatic heterocycles. The summed E-state index contributed by atoms with van der Waals surface area (Å²) in [6.07, 6.45) is 2.36. The molecule has 17 heavy (non-hydrogen) atoms. The van der Waals surface area contributed by atoms with Crippen LogP contribution in [0.4, 0.5) is 5.69 Å². The normalized spacial score (nSPS) is 16.9. The molecule has 1 heterocycles. The molecule has 0 atom stereocenters. The van der Waals surface area contributed by atoms with Crippen molar-refractivity contribution >= 4 is 21.6 Å². The number of anilines is 1. The number of benzene rings is 1. The van der Waals surface area contributed by atoms with Crippen molar-refractivity contribution in [2.75, 3.05) is 18.0 Å². The van der Waals surface area contributed by atoms with Gasteiger partial charge in [0.2, 0.25) is 0 Å². The monoisotopic (exact) mass is 294 g/mol. The van der Waals surface area contributed by atoms with Crippen LogP contribution in [0.5, 0.6) is 0 Å². The molecular formula is C14H19BrN2. The van der Waals surface area contributed by atoms with Gasteiger partial charge in [0.1, 0.15) is 0 Å². The Morgan fingerprint density at radius 2 is 2.12 bits per heavy atom. The molecule has 1 aromatic rings. The molecule has 1 saturated heterocycles. The van der Waals surface area contributed by atoms with Crippen LogP contribution in [0.2, 0.25) is 0 Å². The summed E-state index contributed by atoms with van der Waals surface area (Å²) in [6, 6.07) is 9.12. The van der Waals surface area contributed by atoms with E-state index >= 15 is 0 Å². The smallest absolute Gasteiger partial charge is 0.0377 e. The van der Waals surface area contributed by atoms with Crippen LogP contribution in [0, 0.1) is 0 Å². The van der Waals surface area contributed by atoms with Gasteiger partial charge in [0.05, 0.1) is 0 Å². The van der Waals surface area contributed by atoms with Crippen molar-refractivity contribution in [3.63, 3.8) is 0 Å². The Bertz CT molecular complexity index is 395. The largest absolute Gasteiger partial charge is 0.386 e. The van der Waals surface area contributed by atoms with Crippen LogP contribution in [-0.2, 0) is 0 Å². The molecular weight excluding hydrogens is 276 g/mol. The molecule has 0 radical (unpaired) electrons. The van der Waals surface area contributed by atoms with Crippen molar-refractivity contribution in [2.45, 2.75) is 25.8 Å². The number of piperidine rings is 1. The average molecular weight is 295 g/mol. The van der Waals surface area contributed by atoms with Gasteiger partial charge in [-0.3, -0.25) is 0 Å². The number of hydrogen-bond donors (Lipinski definition) is 1. The maximum absolute atomic E-state index is 3.91. The topological polar surface area (TPSA) is 15.3 Å². The second-order valence-electron chi connectivity index (χ2n) is 4.67. The number of allylic oxidation sites excluding steroid dienone is 1. The minimum Gasteiger partial charge on any atom is -0.386 e. The predicted molar refractivity (Wildman–Crippen MR) is 77.3 cm³/mol. The fourth-order valence-corrected chi connectivity index (χ4v) is 2.69. The summed E-state index contributed by atoms with van der Waals surface area (Å²) >= 11 is 3.52. The van der Waals surface area contributed by atoms with Crippen molar-refractivity contribution in [1.29, 1.82) is 0 Å². The van der Waals surface area contributed by atoms with Gasteiger partial charge in [-0.2, -0.15) is 0 Å². The summed E-state index contributed by atoms with van der Waals surface area (Å²) in [5.41, 5.74) is 2.39. The molecule has 3 heteroatoms. The molecule has 1 aliphatic rings. The van der Waals surface area contributed by atoms with E-state index in [9.17, 15) is 0 Å². The van der Waals surface area contributed by atoms with Crippen molar-refractivity contribution in [3.05, 3.63) is 41.0 Å². The molecule has 0 amide bonds. The van der Waals surface area contributed by atoms with E-state index in [0.29, 0.717) is 6.04 Å². The molecule has 0 aromatic heterocycles. The third-order valence-corrected chi connectivity index (χ3v) is 3.61. The first kappa shape index (κ1) is 12.5. The molecule has 1 fully saturated rings. The minimum absolute atomic E-state index is 0.593. The lowest BCUT2D eigenvalue weighted by Gasteiger charge is -2.34. The summed E-state index contributed by atoms with van der Waals surface area (Å²) in [4.78, 5) is 2.45. The molecule has 0 spiro atoms. The molecule has 0 saturated carbocycles. The second-order valence-corrected chi connectivity index (χ2v) is 5.58. The standard InChI is InChI=1S/C14H19BrN2/c1-11(2)16-13-6-8-17(9-7-13)14-5-3-4-12(15)10-14/h3-5,10,13,16H,1,6-9H2,2H3. The third-order valence-electron chi connectivity index (χ3n) is 3.12. The molecule has 2 nitrogen and oxygen atoms in total. The summed E-state index contributed by atoms with van der Waals surface area (Å²) in [5.74, 6) is 0.